The molecule has 164 valence electrons. The lowest BCUT2D eigenvalue weighted by Gasteiger charge is -2.36. The van der Waals surface area contributed by atoms with Crippen molar-refractivity contribution in [2.75, 3.05) is 24.7 Å². The molecule has 0 unspecified atom stereocenters. The van der Waals surface area contributed by atoms with Crippen LogP contribution in [0.2, 0.25) is 0 Å². The van der Waals surface area contributed by atoms with E-state index in [9.17, 15) is 18.4 Å². The van der Waals surface area contributed by atoms with Gasteiger partial charge in [-0.3, -0.25) is 14.8 Å². The normalized spacial score (nSPS) is 18.1. The summed E-state index contributed by atoms with van der Waals surface area (Å²) in [6.45, 7) is 4.14. The number of hydrogen-bond acceptors (Lipinski definition) is 5. The van der Waals surface area contributed by atoms with Crippen molar-refractivity contribution in [1.82, 2.24) is 10.2 Å². The van der Waals surface area contributed by atoms with Crippen molar-refractivity contribution < 1.29 is 27.8 Å². The van der Waals surface area contributed by atoms with Crippen LogP contribution < -0.4 is 4.90 Å². The van der Waals surface area contributed by atoms with Gasteiger partial charge < -0.3 is 9.47 Å². The van der Waals surface area contributed by atoms with Crippen LogP contribution in [0.4, 0.5) is 14.6 Å². The van der Waals surface area contributed by atoms with Gasteiger partial charge in [0.05, 0.1) is 12.8 Å². The van der Waals surface area contributed by atoms with Gasteiger partial charge in [-0.15, -0.1) is 0 Å². The van der Waals surface area contributed by atoms with Gasteiger partial charge in [-0.25, -0.2) is 13.6 Å². The van der Waals surface area contributed by atoms with Crippen LogP contribution in [0.1, 0.15) is 69.2 Å². The minimum atomic E-state index is -2.17. The Morgan fingerprint density at radius 3 is 2.45 bits per heavy atom. The van der Waals surface area contributed by atoms with Gasteiger partial charge in [0.2, 0.25) is 12.3 Å². The Bertz CT molecular complexity index is 639. The van der Waals surface area contributed by atoms with E-state index in [0.29, 0.717) is 24.6 Å². The van der Waals surface area contributed by atoms with Crippen LogP contribution in [0.3, 0.4) is 0 Å². The van der Waals surface area contributed by atoms with Gasteiger partial charge in [0.25, 0.3) is 0 Å². The second-order valence-electron chi connectivity index (χ2n) is 7.26. The number of esters is 1. The van der Waals surface area contributed by atoms with Gasteiger partial charge in [0, 0.05) is 25.2 Å². The summed E-state index contributed by atoms with van der Waals surface area (Å²) < 4.78 is 31.2. The number of nitrogens with one attached hydrogen (secondary N) is 1. The van der Waals surface area contributed by atoms with Crippen LogP contribution in [0.5, 0.6) is 0 Å². The third-order valence-corrected chi connectivity index (χ3v) is 5.10. The van der Waals surface area contributed by atoms with E-state index in [1.54, 1.807) is 11.8 Å². The Morgan fingerprint density at radius 1 is 1.24 bits per heavy atom. The summed E-state index contributed by atoms with van der Waals surface area (Å²) in [7, 11) is 0. The maximum absolute atomic E-state index is 13.3. The first-order valence-electron chi connectivity index (χ1n) is 10.3. The van der Waals surface area contributed by atoms with Crippen molar-refractivity contribution in [3.63, 3.8) is 0 Å². The molecule has 2 aliphatic rings. The molecule has 29 heavy (non-hydrogen) atoms. The average molecular weight is 415 g/mol. The Morgan fingerprint density at radius 2 is 1.86 bits per heavy atom. The quantitative estimate of drug-likeness (QED) is 0.736. The largest absolute Gasteiger partial charge is 0.462 e. The number of rotatable bonds is 5. The molecular weight excluding hydrogens is 384 g/mol. The molecular formula is C20H31F2N3O4. The van der Waals surface area contributed by atoms with Crippen LogP contribution >= 0.6 is 0 Å². The molecule has 1 saturated carbocycles. The average Bonchev–Trinajstić information content (AvgIpc) is 3.19. The van der Waals surface area contributed by atoms with Crippen LogP contribution in [-0.2, 0) is 14.3 Å². The number of carbonyl (C=O) groups is 2. The number of anilines is 1. The number of hydrogen-bond donors (Lipinski definition) is 1. The number of halogens is 2. The summed E-state index contributed by atoms with van der Waals surface area (Å²) in [6.07, 6.45) is 6.02. The first kappa shape index (κ1) is 23.3. The zero-order chi connectivity index (χ0) is 21.2. The van der Waals surface area contributed by atoms with E-state index < -0.39 is 12.4 Å². The first-order chi connectivity index (χ1) is 14.0. The van der Waals surface area contributed by atoms with Crippen molar-refractivity contribution in [1.29, 1.82) is 0 Å². The summed E-state index contributed by atoms with van der Waals surface area (Å²) in [6, 6.07) is 0.0248. The number of aromatic nitrogens is 2. The molecule has 1 aliphatic carbocycles. The second-order valence-corrected chi connectivity index (χ2v) is 7.26. The summed E-state index contributed by atoms with van der Waals surface area (Å²) >= 11 is 0. The molecule has 0 radical (unpaired) electrons. The molecule has 2 fully saturated rings. The predicted octanol–water partition coefficient (Wildman–Crippen LogP) is 3.95. The van der Waals surface area contributed by atoms with E-state index in [-0.39, 0.29) is 24.5 Å². The molecule has 7 nitrogen and oxygen atoms in total. The van der Waals surface area contributed by atoms with Crippen LogP contribution in [-0.4, -0.2) is 54.4 Å². The molecule has 3 rings (SSSR count). The molecule has 1 amide bonds. The van der Waals surface area contributed by atoms with Gasteiger partial charge in [0.15, 0.2) is 0 Å². The third-order valence-electron chi connectivity index (χ3n) is 5.10. The zero-order valence-electron chi connectivity index (χ0n) is 17.2. The van der Waals surface area contributed by atoms with E-state index in [1.807, 2.05) is 0 Å². The summed E-state index contributed by atoms with van der Waals surface area (Å²) in [5.74, 6) is 0.150. The summed E-state index contributed by atoms with van der Waals surface area (Å²) in [5.41, 5.74) is 0.331. The van der Waals surface area contributed by atoms with Crippen molar-refractivity contribution in [2.24, 2.45) is 5.92 Å². The summed E-state index contributed by atoms with van der Waals surface area (Å²) in [5, 5.41) is 6.89. The maximum Gasteiger partial charge on any atom is 0.343 e. The molecule has 0 spiro atoms. The molecule has 0 bridgehead atoms. The van der Waals surface area contributed by atoms with E-state index in [0.717, 1.165) is 45.4 Å². The second kappa shape index (κ2) is 11.8. The number of carbonyl (C=O) groups excluding carboxylic acids is 2. The van der Waals surface area contributed by atoms with E-state index >= 15 is 0 Å². The predicted molar refractivity (Wildman–Crippen MR) is 104 cm³/mol. The van der Waals surface area contributed by atoms with E-state index in [1.165, 1.54) is 12.6 Å². The lowest BCUT2D eigenvalue weighted by Crippen LogP contribution is -2.47. The van der Waals surface area contributed by atoms with E-state index in [2.05, 4.69) is 10.2 Å². The standard InChI is InChI=1S/C18H27N3O4.C2H4F2/c1-2-25-18(23)15-12-19-20-16(15)21(14-8-10-24-11-9-14)17(22)13-6-4-3-5-7-13;1-2(3)4/h12-14H,2-11H2,1H3,(H,19,20);2H,1H3. The molecule has 1 aromatic heterocycles. The molecule has 0 aromatic carbocycles. The number of aromatic amines is 1. The van der Waals surface area contributed by atoms with Crippen molar-refractivity contribution in [3.8, 4) is 0 Å². The number of alkyl halides is 2. The highest BCUT2D eigenvalue weighted by Gasteiger charge is 2.35. The number of nitrogens with zero attached hydrogens (tertiary/aromatic N) is 2. The minimum Gasteiger partial charge on any atom is -0.462 e. The molecule has 1 saturated heterocycles. The molecule has 1 aliphatic heterocycles. The fourth-order valence-corrected chi connectivity index (χ4v) is 3.78. The van der Waals surface area contributed by atoms with Gasteiger partial charge >= 0.3 is 5.97 Å². The SMILES string of the molecule is CC(F)F.CCOC(=O)c1cn[nH]c1N(C(=O)C1CCCCC1)C1CCOCC1. The molecule has 1 aromatic rings. The lowest BCUT2D eigenvalue weighted by molar-refractivity contribution is -0.124. The smallest absolute Gasteiger partial charge is 0.343 e. The van der Waals surface area contributed by atoms with Crippen LogP contribution in [0.15, 0.2) is 6.20 Å². The topological polar surface area (TPSA) is 84.5 Å². The number of ether oxygens (including phenoxy) is 2. The van der Waals surface area contributed by atoms with Gasteiger partial charge in [-0.05, 0) is 39.5 Å². The molecule has 1 N–H and O–H groups in total. The van der Waals surface area contributed by atoms with E-state index in [4.69, 9.17) is 9.47 Å². The molecule has 2 heterocycles. The molecule has 0 atom stereocenters. The third kappa shape index (κ3) is 6.76. The van der Waals surface area contributed by atoms with Crippen molar-refractivity contribution >= 4 is 17.7 Å². The minimum absolute atomic E-state index is 0.0231. The molecule has 9 heteroatoms. The first-order valence-corrected chi connectivity index (χ1v) is 10.3. The zero-order valence-corrected chi connectivity index (χ0v) is 17.2. The number of amides is 1. The monoisotopic (exact) mass is 415 g/mol. The maximum atomic E-state index is 13.3. The van der Waals surface area contributed by atoms with Gasteiger partial charge in [0.1, 0.15) is 11.4 Å². The van der Waals surface area contributed by atoms with Gasteiger partial charge in [-0.2, -0.15) is 5.10 Å². The lowest BCUT2D eigenvalue weighted by atomic mass is 9.87. The van der Waals surface area contributed by atoms with Crippen molar-refractivity contribution in [3.05, 3.63) is 11.8 Å². The Labute approximate surface area is 170 Å². The Hall–Kier alpha value is -2.03. The van der Waals surface area contributed by atoms with Crippen LogP contribution in [0.25, 0.3) is 0 Å². The van der Waals surface area contributed by atoms with Crippen LogP contribution in [0, 0.1) is 5.92 Å². The fraction of sp³-hybridized carbons (Fsp3) is 0.750. The van der Waals surface area contributed by atoms with Crippen molar-refractivity contribution in [2.45, 2.75) is 71.3 Å². The number of H-pyrrole nitrogens is 1. The fourth-order valence-electron chi connectivity index (χ4n) is 3.78. The Balaban J connectivity index is 0.000000687. The highest BCUT2D eigenvalue weighted by Crippen LogP contribution is 2.31. The highest BCUT2D eigenvalue weighted by molar-refractivity contribution is 6.02. The Kier molecular flexibility index (Phi) is 9.50. The highest BCUT2D eigenvalue weighted by atomic mass is 19.3. The van der Waals surface area contributed by atoms with Gasteiger partial charge in [-0.1, -0.05) is 19.3 Å². The summed E-state index contributed by atoms with van der Waals surface area (Å²) in [4.78, 5) is 27.4.